The molecular formula is C23H26F3N3O7S2. The number of halogens is 3. The summed E-state index contributed by atoms with van der Waals surface area (Å²) in [7, 11) is -8.06. The van der Waals surface area contributed by atoms with Crippen LogP contribution in [-0.2, 0) is 42.2 Å². The second-order valence-electron chi connectivity index (χ2n) is 9.12. The summed E-state index contributed by atoms with van der Waals surface area (Å²) in [5, 5.41) is 12.0. The second-order valence-corrected chi connectivity index (χ2v) is 12.7. The van der Waals surface area contributed by atoms with E-state index in [1.807, 2.05) is 0 Å². The molecule has 2 atom stereocenters. The number of nitrogens with zero attached hydrogens (tertiary/aromatic N) is 1. The van der Waals surface area contributed by atoms with Crippen LogP contribution in [0.25, 0.3) is 0 Å². The van der Waals surface area contributed by atoms with Gasteiger partial charge in [0.2, 0.25) is 26.0 Å². The molecule has 2 aromatic rings. The molecule has 3 N–H and O–H groups in total. The third kappa shape index (κ3) is 6.63. The molecular weight excluding hydrogens is 551 g/mol. The van der Waals surface area contributed by atoms with Crippen LogP contribution in [0.5, 0.6) is 0 Å². The molecule has 1 saturated heterocycles. The van der Waals surface area contributed by atoms with E-state index in [1.165, 1.54) is 31.2 Å². The Bertz CT molecular complexity index is 1430. The molecule has 1 amide bonds. The molecule has 0 bridgehead atoms. The van der Waals surface area contributed by atoms with Gasteiger partial charge in [0.15, 0.2) is 0 Å². The molecule has 1 aliphatic heterocycles. The van der Waals surface area contributed by atoms with Crippen molar-refractivity contribution in [1.29, 1.82) is 0 Å². The van der Waals surface area contributed by atoms with Crippen molar-refractivity contribution in [2.45, 2.75) is 48.8 Å². The average molecular weight is 578 g/mol. The van der Waals surface area contributed by atoms with Crippen LogP contribution in [0.4, 0.5) is 18.9 Å². The lowest BCUT2D eigenvalue weighted by atomic mass is 9.97. The number of aliphatic carboxylic acids is 1. The van der Waals surface area contributed by atoms with Gasteiger partial charge in [-0.1, -0.05) is 18.2 Å². The molecule has 1 fully saturated rings. The molecule has 208 valence electrons. The van der Waals surface area contributed by atoms with Gasteiger partial charge in [0, 0.05) is 18.7 Å². The SMILES string of the molecule is C[C@@]1(C(=O)NC(Cc2ccc(NS(C)(=O)=O)cc2)C(=O)O)CCCN1S(=O)(=O)c1cccc(C(F)(F)F)c1. The fraction of sp³-hybridized carbons (Fsp3) is 0.391. The maximum atomic E-state index is 13.3. The Morgan fingerprint density at radius 3 is 2.29 bits per heavy atom. The van der Waals surface area contributed by atoms with E-state index in [1.54, 1.807) is 0 Å². The molecule has 2 aromatic carbocycles. The number of rotatable bonds is 9. The number of benzene rings is 2. The van der Waals surface area contributed by atoms with E-state index in [0.29, 0.717) is 11.6 Å². The average Bonchev–Trinajstić information content (AvgIpc) is 3.22. The maximum absolute atomic E-state index is 13.3. The summed E-state index contributed by atoms with van der Waals surface area (Å²) in [6.45, 7) is 1.15. The zero-order chi connectivity index (χ0) is 28.5. The van der Waals surface area contributed by atoms with Gasteiger partial charge >= 0.3 is 12.1 Å². The van der Waals surface area contributed by atoms with Crippen LogP contribution in [0.15, 0.2) is 53.4 Å². The van der Waals surface area contributed by atoms with E-state index >= 15 is 0 Å². The van der Waals surface area contributed by atoms with Gasteiger partial charge in [-0.05, 0) is 55.7 Å². The lowest BCUT2D eigenvalue weighted by Crippen LogP contribution is -2.58. The van der Waals surface area contributed by atoms with Crippen molar-refractivity contribution in [2.75, 3.05) is 17.5 Å². The third-order valence-electron chi connectivity index (χ3n) is 6.11. The largest absolute Gasteiger partial charge is 0.480 e. The third-order valence-corrected chi connectivity index (χ3v) is 8.74. The highest BCUT2D eigenvalue weighted by atomic mass is 32.2. The van der Waals surface area contributed by atoms with Crippen LogP contribution in [0.3, 0.4) is 0 Å². The lowest BCUT2D eigenvalue weighted by molar-refractivity contribution is -0.143. The molecule has 1 unspecified atom stereocenters. The molecule has 1 heterocycles. The van der Waals surface area contributed by atoms with Crippen molar-refractivity contribution < 1.29 is 44.7 Å². The van der Waals surface area contributed by atoms with E-state index in [9.17, 15) is 44.7 Å². The Morgan fingerprint density at radius 2 is 1.74 bits per heavy atom. The van der Waals surface area contributed by atoms with Crippen molar-refractivity contribution in [3.63, 3.8) is 0 Å². The summed E-state index contributed by atoms with van der Waals surface area (Å²) < 4.78 is 91.8. The van der Waals surface area contributed by atoms with E-state index in [2.05, 4.69) is 10.0 Å². The summed E-state index contributed by atoms with van der Waals surface area (Å²) in [6, 6.07) is 7.49. The van der Waals surface area contributed by atoms with E-state index in [0.717, 1.165) is 28.8 Å². The molecule has 0 aliphatic carbocycles. The number of anilines is 1. The zero-order valence-electron chi connectivity index (χ0n) is 20.3. The summed E-state index contributed by atoms with van der Waals surface area (Å²) in [6.07, 6.45) is -3.75. The molecule has 10 nitrogen and oxygen atoms in total. The maximum Gasteiger partial charge on any atom is 0.416 e. The number of sulfonamides is 2. The number of alkyl halides is 3. The standard InChI is InChI=1S/C23H26F3N3O7S2/c1-22(11-4-12-29(22)38(35,36)18-6-3-5-16(14-18)23(24,25)26)21(32)27-19(20(30)31)13-15-7-9-17(10-8-15)28-37(2,33)34/h3,5-10,14,19,28H,4,11-13H2,1-2H3,(H,27,32)(H,30,31)/t19?,22-/m0/s1. The number of amides is 1. The van der Waals surface area contributed by atoms with Crippen LogP contribution in [0.1, 0.15) is 30.9 Å². The van der Waals surface area contributed by atoms with Gasteiger partial charge in [0.25, 0.3) is 0 Å². The predicted octanol–water partition coefficient (Wildman–Crippen LogP) is 2.43. The van der Waals surface area contributed by atoms with Crippen LogP contribution in [-0.4, -0.2) is 62.5 Å². The normalized spacial score (nSPS) is 19.6. The Balaban J connectivity index is 1.82. The first-order valence-corrected chi connectivity index (χ1v) is 14.6. The zero-order valence-corrected chi connectivity index (χ0v) is 22.0. The molecule has 1 aliphatic rings. The minimum Gasteiger partial charge on any atom is -0.480 e. The minimum atomic E-state index is -4.77. The van der Waals surface area contributed by atoms with Crippen LogP contribution < -0.4 is 10.0 Å². The number of carboxylic acids is 1. The summed E-state index contributed by atoms with van der Waals surface area (Å²) in [5.41, 5.74) is -2.21. The van der Waals surface area contributed by atoms with Crippen molar-refractivity contribution in [3.8, 4) is 0 Å². The summed E-state index contributed by atoms with van der Waals surface area (Å²) in [4.78, 5) is 24.5. The molecule has 3 rings (SSSR count). The number of carbonyl (C=O) groups excluding carboxylic acids is 1. The van der Waals surface area contributed by atoms with Crippen molar-refractivity contribution in [3.05, 3.63) is 59.7 Å². The van der Waals surface area contributed by atoms with Crippen LogP contribution in [0, 0.1) is 0 Å². The van der Waals surface area contributed by atoms with Gasteiger partial charge < -0.3 is 10.4 Å². The summed E-state index contributed by atoms with van der Waals surface area (Å²) in [5.74, 6) is -2.31. The van der Waals surface area contributed by atoms with E-state index in [4.69, 9.17) is 0 Å². The quantitative estimate of drug-likeness (QED) is 0.414. The van der Waals surface area contributed by atoms with E-state index < -0.39 is 60.1 Å². The van der Waals surface area contributed by atoms with E-state index in [-0.39, 0.29) is 31.5 Å². The Kier molecular flexibility index (Phi) is 8.15. The molecule has 0 radical (unpaired) electrons. The summed E-state index contributed by atoms with van der Waals surface area (Å²) >= 11 is 0. The van der Waals surface area contributed by atoms with Crippen molar-refractivity contribution in [1.82, 2.24) is 9.62 Å². The molecule has 0 spiro atoms. The van der Waals surface area contributed by atoms with Crippen molar-refractivity contribution in [2.24, 2.45) is 0 Å². The number of nitrogens with one attached hydrogen (secondary N) is 2. The first kappa shape index (κ1) is 29.4. The van der Waals surface area contributed by atoms with Gasteiger partial charge in [-0.15, -0.1) is 0 Å². The van der Waals surface area contributed by atoms with Gasteiger partial charge in [0.05, 0.1) is 16.7 Å². The lowest BCUT2D eigenvalue weighted by Gasteiger charge is -2.34. The highest BCUT2D eigenvalue weighted by Crippen LogP contribution is 2.37. The fourth-order valence-corrected chi connectivity index (χ4v) is 6.60. The van der Waals surface area contributed by atoms with Gasteiger partial charge in [0.1, 0.15) is 11.6 Å². The van der Waals surface area contributed by atoms with Crippen LogP contribution in [0.2, 0.25) is 0 Å². The van der Waals surface area contributed by atoms with Gasteiger partial charge in [-0.25, -0.2) is 21.6 Å². The van der Waals surface area contributed by atoms with Gasteiger partial charge in [-0.2, -0.15) is 17.5 Å². The number of hydrogen-bond acceptors (Lipinski definition) is 6. The second kappa shape index (κ2) is 10.5. The fourth-order valence-electron chi connectivity index (χ4n) is 4.18. The Labute approximate surface area is 217 Å². The molecule has 38 heavy (non-hydrogen) atoms. The molecule has 0 saturated carbocycles. The van der Waals surface area contributed by atoms with Crippen molar-refractivity contribution >= 4 is 37.6 Å². The monoisotopic (exact) mass is 577 g/mol. The number of carbonyl (C=O) groups is 2. The smallest absolute Gasteiger partial charge is 0.416 e. The predicted molar refractivity (Wildman–Crippen MR) is 131 cm³/mol. The highest BCUT2D eigenvalue weighted by molar-refractivity contribution is 7.92. The topological polar surface area (TPSA) is 150 Å². The highest BCUT2D eigenvalue weighted by Gasteiger charge is 2.50. The first-order valence-electron chi connectivity index (χ1n) is 11.2. The Hall–Kier alpha value is -3.17. The van der Waals surface area contributed by atoms with Gasteiger partial charge in [-0.3, -0.25) is 9.52 Å². The number of carboxylic acid groups (broad SMARTS) is 1. The first-order chi connectivity index (χ1) is 17.4. The number of hydrogen-bond donors (Lipinski definition) is 3. The van der Waals surface area contributed by atoms with Crippen LogP contribution >= 0.6 is 0 Å². The Morgan fingerprint density at radius 1 is 1.11 bits per heavy atom. The molecule has 15 heteroatoms. The minimum absolute atomic E-state index is 0.0230. The molecule has 0 aromatic heterocycles.